The van der Waals surface area contributed by atoms with Crippen molar-refractivity contribution in [1.29, 1.82) is 0 Å². The van der Waals surface area contributed by atoms with Gasteiger partial charge >= 0.3 is 0 Å². The van der Waals surface area contributed by atoms with Crippen molar-refractivity contribution in [2.24, 2.45) is 5.73 Å². The molecule has 138 valence electrons. The molecule has 0 heterocycles. The van der Waals surface area contributed by atoms with Gasteiger partial charge in [-0.25, -0.2) is 0 Å². The Morgan fingerprint density at radius 3 is 1.77 bits per heavy atom. The minimum Gasteiger partial charge on any atom is -0.374 e. The Kier molecular flexibility index (Phi) is 8.79. The molecule has 0 amide bonds. The van der Waals surface area contributed by atoms with Crippen LogP contribution in [0.3, 0.4) is 0 Å². The van der Waals surface area contributed by atoms with Crippen LogP contribution in [-0.4, -0.2) is 26.0 Å². The quantitative estimate of drug-likeness (QED) is 0.586. The summed E-state index contributed by atoms with van der Waals surface area (Å²) in [7, 11) is 0. The van der Waals surface area contributed by atoms with Crippen molar-refractivity contribution in [1.82, 2.24) is 0 Å². The highest BCUT2D eigenvalue weighted by molar-refractivity contribution is 5.47. The Morgan fingerprint density at radius 1 is 0.769 bits per heavy atom. The number of nitrogens with two attached hydrogens (primary N) is 1. The van der Waals surface area contributed by atoms with E-state index in [-0.39, 0.29) is 12.8 Å². The zero-order chi connectivity index (χ0) is 18.6. The fraction of sp³-hybridized carbons (Fsp3) is 0.273. The molecule has 0 aliphatic heterocycles. The summed E-state index contributed by atoms with van der Waals surface area (Å²) in [5.74, 6) is 0. The van der Waals surface area contributed by atoms with Crippen LogP contribution >= 0.6 is 0 Å². The first-order chi connectivity index (χ1) is 12.7. The van der Waals surface area contributed by atoms with Crippen molar-refractivity contribution in [3.63, 3.8) is 0 Å². The van der Waals surface area contributed by atoms with E-state index in [0.717, 1.165) is 22.3 Å². The fourth-order valence-corrected chi connectivity index (χ4v) is 2.37. The van der Waals surface area contributed by atoms with E-state index in [2.05, 4.69) is 13.2 Å². The molecule has 1 unspecified atom stereocenters. The van der Waals surface area contributed by atoms with E-state index < -0.39 is 0 Å². The number of benzene rings is 2. The van der Waals surface area contributed by atoms with E-state index >= 15 is 0 Å². The smallest absolute Gasteiger partial charge is 0.105 e. The molecule has 4 nitrogen and oxygen atoms in total. The van der Waals surface area contributed by atoms with Gasteiger partial charge in [0.2, 0.25) is 0 Å². The van der Waals surface area contributed by atoms with E-state index in [4.69, 9.17) is 19.9 Å². The number of hydrogen-bond donors (Lipinski definition) is 1. The van der Waals surface area contributed by atoms with Gasteiger partial charge in [0.25, 0.3) is 0 Å². The second-order valence-corrected chi connectivity index (χ2v) is 5.88. The molecule has 0 bridgehead atoms. The topological polar surface area (TPSA) is 53.7 Å². The fourth-order valence-electron chi connectivity index (χ4n) is 2.37. The van der Waals surface area contributed by atoms with Gasteiger partial charge in [-0.15, -0.1) is 0 Å². The zero-order valence-electron chi connectivity index (χ0n) is 15.1. The van der Waals surface area contributed by atoms with Crippen LogP contribution in [-0.2, 0) is 27.4 Å². The highest BCUT2D eigenvalue weighted by Crippen LogP contribution is 2.10. The van der Waals surface area contributed by atoms with Gasteiger partial charge < -0.3 is 19.9 Å². The van der Waals surface area contributed by atoms with Crippen LogP contribution in [0, 0.1) is 0 Å². The van der Waals surface area contributed by atoms with Crippen molar-refractivity contribution >= 4 is 12.2 Å². The first-order valence-electron chi connectivity index (χ1n) is 8.65. The molecule has 0 radical (unpaired) electrons. The maximum atomic E-state index is 5.93. The molecule has 2 N–H and O–H groups in total. The van der Waals surface area contributed by atoms with Gasteiger partial charge in [0.05, 0.1) is 33.2 Å². The van der Waals surface area contributed by atoms with Crippen molar-refractivity contribution in [2.75, 3.05) is 19.9 Å². The first kappa shape index (κ1) is 20.1. The summed E-state index contributed by atoms with van der Waals surface area (Å²) in [6.07, 6.45) is 3.46. The molecule has 0 aliphatic carbocycles. The molecule has 0 spiro atoms. The molecular formula is C22H27NO3. The van der Waals surface area contributed by atoms with Gasteiger partial charge in [-0.05, 0) is 22.3 Å². The summed E-state index contributed by atoms with van der Waals surface area (Å²) in [6, 6.07) is 16.2. The second kappa shape index (κ2) is 11.4. The first-order valence-corrected chi connectivity index (χ1v) is 8.65. The van der Waals surface area contributed by atoms with Crippen molar-refractivity contribution < 1.29 is 14.2 Å². The largest absolute Gasteiger partial charge is 0.374 e. The summed E-state index contributed by atoms with van der Waals surface area (Å²) >= 11 is 0. The average molecular weight is 353 g/mol. The summed E-state index contributed by atoms with van der Waals surface area (Å²) in [5, 5.41) is 0. The predicted molar refractivity (Wildman–Crippen MR) is 106 cm³/mol. The van der Waals surface area contributed by atoms with Crippen molar-refractivity contribution in [3.05, 3.63) is 83.9 Å². The standard InChI is InChI=1S/C22H27NO3/c1-3-18-5-9-20(10-6-18)13-24-15-22(16-25-17-23)26-14-21-11-7-19(4-2)8-12-21/h3-12,22H,1-2,13-17,23H2. The highest BCUT2D eigenvalue weighted by atomic mass is 16.6. The molecule has 2 aromatic carbocycles. The van der Waals surface area contributed by atoms with Crippen LogP contribution in [0.15, 0.2) is 61.7 Å². The lowest BCUT2D eigenvalue weighted by atomic mass is 10.1. The molecule has 0 saturated carbocycles. The average Bonchev–Trinajstić information content (AvgIpc) is 2.70. The summed E-state index contributed by atoms with van der Waals surface area (Å²) in [4.78, 5) is 0. The van der Waals surface area contributed by atoms with Crippen LogP contribution in [0.4, 0.5) is 0 Å². The molecule has 0 fully saturated rings. The Labute approximate surface area is 155 Å². The minimum atomic E-state index is -0.176. The van der Waals surface area contributed by atoms with Crippen molar-refractivity contribution in [3.8, 4) is 0 Å². The summed E-state index contributed by atoms with van der Waals surface area (Å²) in [6.45, 7) is 9.53. The third-order valence-corrected chi connectivity index (χ3v) is 3.91. The van der Waals surface area contributed by atoms with Crippen LogP contribution in [0.1, 0.15) is 22.3 Å². The van der Waals surface area contributed by atoms with Crippen molar-refractivity contribution in [2.45, 2.75) is 19.3 Å². The lowest BCUT2D eigenvalue weighted by molar-refractivity contribution is -0.0691. The predicted octanol–water partition coefficient (Wildman–Crippen LogP) is 4.01. The Morgan fingerprint density at radius 2 is 1.27 bits per heavy atom. The minimum absolute atomic E-state index is 0.164. The molecule has 26 heavy (non-hydrogen) atoms. The Balaban J connectivity index is 1.80. The Hall–Kier alpha value is -2.24. The second-order valence-electron chi connectivity index (χ2n) is 5.88. The molecule has 4 heteroatoms. The van der Waals surface area contributed by atoms with Gasteiger partial charge in [-0.3, -0.25) is 0 Å². The van der Waals surface area contributed by atoms with E-state index in [0.29, 0.717) is 26.4 Å². The maximum absolute atomic E-state index is 5.93. The molecule has 0 saturated heterocycles. The summed E-state index contributed by atoms with van der Waals surface area (Å²) in [5.41, 5.74) is 9.80. The maximum Gasteiger partial charge on any atom is 0.105 e. The Bertz CT molecular complexity index is 665. The number of rotatable bonds is 12. The van der Waals surface area contributed by atoms with Gasteiger partial charge in [0.15, 0.2) is 0 Å². The molecule has 0 aromatic heterocycles. The zero-order valence-corrected chi connectivity index (χ0v) is 15.1. The van der Waals surface area contributed by atoms with E-state index in [1.165, 1.54) is 0 Å². The van der Waals surface area contributed by atoms with Crippen LogP contribution in [0.2, 0.25) is 0 Å². The third-order valence-electron chi connectivity index (χ3n) is 3.91. The van der Waals surface area contributed by atoms with Gasteiger partial charge in [-0.1, -0.05) is 73.8 Å². The number of ether oxygens (including phenoxy) is 3. The lowest BCUT2D eigenvalue weighted by Gasteiger charge is -2.18. The van der Waals surface area contributed by atoms with Crippen LogP contribution < -0.4 is 5.73 Å². The van der Waals surface area contributed by atoms with Crippen LogP contribution in [0.25, 0.3) is 12.2 Å². The normalized spacial score (nSPS) is 11.9. The van der Waals surface area contributed by atoms with Crippen LogP contribution in [0.5, 0.6) is 0 Å². The SMILES string of the molecule is C=Cc1ccc(COCC(COCN)OCc2ccc(C=C)cc2)cc1. The molecule has 2 rings (SSSR count). The van der Waals surface area contributed by atoms with E-state index in [1.54, 1.807) is 0 Å². The number of hydrogen-bond acceptors (Lipinski definition) is 4. The van der Waals surface area contributed by atoms with E-state index in [9.17, 15) is 0 Å². The highest BCUT2D eigenvalue weighted by Gasteiger charge is 2.10. The molecule has 0 aliphatic rings. The third kappa shape index (κ3) is 6.94. The summed E-state index contributed by atoms with van der Waals surface area (Å²) < 4.78 is 17.0. The molecule has 1 atom stereocenters. The molecular weight excluding hydrogens is 326 g/mol. The van der Waals surface area contributed by atoms with Gasteiger partial charge in [0.1, 0.15) is 6.10 Å². The lowest BCUT2D eigenvalue weighted by Crippen LogP contribution is -2.27. The molecule has 2 aromatic rings. The van der Waals surface area contributed by atoms with Gasteiger partial charge in [-0.2, -0.15) is 0 Å². The monoisotopic (exact) mass is 353 g/mol. The van der Waals surface area contributed by atoms with E-state index in [1.807, 2.05) is 60.7 Å². The van der Waals surface area contributed by atoms with Gasteiger partial charge in [0, 0.05) is 0 Å².